The molecule has 128 valence electrons. The van der Waals surface area contributed by atoms with Crippen molar-refractivity contribution in [1.82, 2.24) is 15.5 Å². The van der Waals surface area contributed by atoms with Crippen LogP contribution in [0.1, 0.15) is 12.5 Å². The van der Waals surface area contributed by atoms with E-state index in [1.807, 2.05) is 30.3 Å². The number of nitrogens with zero attached hydrogens (tertiary/aromatic N) is 1. The molecule has 24 heavy (non-hydrogen) atoms. The van der Waals surface area contributed by atoms with Crippen LogP contribution in [0.4, 0.5) is 0 Å². The van der Waals surface area contributed by atoms with Crippen LogP contribution in [-0.2, 0) is 25.6 Å². The lowest BCUT2D eigenvalue weighted by Crippen LogP contribution is -2.59. The highest BCUT2D eigenvalue weighted by Gasteiger charge is 2.32. The molecule has 0 radical (unpaired) electrons. The van der Waals surface area contributed by atoms with Crippen LogP contribution < -0.4 is 16.4 Å². The lowest BCUT2D eigenvalue weighted by Gasteiger charge is -2.28. The minimum absolute atomic E-state index is 0.223. The third-order valence-electron chi connectivity index (χ3n) is 3.67. The monoisotopic (exact) mass is 332 g/mol. The number of benzene rings is 1. The summed E-state index contributed by atoms with van der Waals surface area (Å²) in [7, 11) is 0. The first-order chi connectivity index (χ1) is 11.4. The van der Waals surface area contributed by atoms with Crippen LogP contribution in [-0.4, -0.2) is 53.7 Å². The number of carbonyl (C=O) groups excluding carboxylic acids is 4. The molecule has 4 N–H and O–H groups in total. The zero-order chi connectivity index (χ0) is 17.7. The fraction of sp³-hybridized carbons (Fsp3) is 0.375. The van der Waals surface area contributed by atoms with Gasteiger partial charge in [0.2, 0.25) is 17.7 Å². The van der Waals surface area contributed by atoms with E-state index >= 15 is 0 Å². The highest BCUT2D eigenvalue weighted by Crippen LogP contribution is 2.04. The van der Waals surface area contributed by atoms with E-state index in [9.17, 15) is 19.2 Å². The Morgan fingerprint density at radius 2 is 1.96 bits per heavy atom. The zero-order valence-corrected chi connectivity index (χ0v) is 13.3. The molecule has 1 aromatic carbocycles. The van der Waals surface area contributed by atoms with E-state index in [0.29, 0.717) is 6.42 Å². The maximum atomic E-state index is 12.2. The molecule has 1 heterocycles. The fourth-order valence-electron chi connectivity index (χ4n) is 2.33. The third kappa shape index (κ3) is 4.39. The van der Waals surface area contributed by atoms with Crippen molar-refractivity contribution in [1.29, 1.82) is 0 Å². The van der Waals surface area contributed by atoms with E-state index in [-0.39, 0.29) is 13.1 Å². The molecule has 0 spiro atoms. The normalized spacial score (nSPS) is 17.0. The van der Waals surface area contributed by atoms with E-state index in [1.165, 1.54) is 6.92 Å². The van der Waals surface area contributed by atoms with Gasteiger partial charge in [0.25, 0.3) is 5.91 Å². The largest absolute Gasteiger partial charge is 0.345 e. The molecular formula is C16H20N4O4. The molecule has 1 fully saturated rings. The molecular weight excluding hydrogens is 312 g/mol. The molecule has 1 unspecified atom stereocenters. The second kappa shape index (κ2) is 7.69. The number of nitrogens with one attached hydrogen (secondary N) is 2. The molecule has 1 aliphatic heterocycles. The van der Waals surface area contributed by atoms with E-state index in [1.54, 1.807) is 0 Å². The first-order valence-corrected chi connectivity index (χ1v) is 7.59. The summed E-state index contributed by atoms with van der Waals surface area (Å²) in [4.78, 5) is 48.2. The molecule has 0 saturated carbocycles. The van der Waals surface area contributed by atoms with Crippen LogP contribution in [0.5, 0.6) is 0 Å². The Labute approximate surface area is 139 Å². The molecule has 0 aliphatic carbocycles. The second-order valence-electron chi connectivity index (χ2n) is 5.62. The Morgan fingerprint density at radius 3 is 2.62 bits per heavy atom. The predicted molar refractivity (Wildman–Crippen MR) is 85.5 cm³/mol. The van der Waals surface area contributed by atoms with Gasteiger partial charge in [-0.25, -0.2) is 0 Å². The number of hydrogen-bond donors (Lipinski definition) is 3. The third-order valence-corrected chi connectivity index (χ3v) is 3.67. The number of piperazine rings is 1. The van der Waals surface area contributed by atoms with Gasteiger partial charge in [-0.1, -0.05) is 30.3 Å². The number of rotatable bonds is 5. The SMILES string of the molecule is C[C@H](NC(=O)C(N)Cc1ccccc1)C(=O)N1CC(=O)NCC1=O. The number of nitrogens with two attached hydrogens (primary N) is 1. The van der Waals surface area contributed by atoms with E-state index in [0.717, 1.165) is 10.5 Å². The van der Waals surface area contributed by atoms with Crippen molar-refractivity contribution in [3.05, 3.63) is 35.9 Å². The van der Waals surface area contributed by atoms with E-state index in [4.69, 9.17) is 5.73 Å². The van der Waals surface area contributed by atoms with E-state index in [2.05, 4.69) is 10.6 Å². The summed E-state index contributed by atoms with van der Waals surface area (Å²) in [5.74, 6) is -2.04. The van der Waals surface area contributed by atoms with Crippen molar-refractivity contribution in [2.24, 2.45) is 5.73 Å². The van der Waals surface area contributed by atoms with Crippen molar-refractivity contribution in [3.8, 4) is 0 Å². The van der Waals surface area contributed by atoms with Crippen LogP contribution >= 0.6 is 0 Å². The summed E-state index contributed by atoms with van der Waals surface area (Å²) < 4.78 is 0. The van der Waals surface area contributed by atoms with Gasteiger partial charge in [0.1, 0.15) is 12.6 Å². The minimum Gasteiger partial charge on any atom is -0.345 e. The molecule has 1 aromatic rings. The summed E-state index contributed by atoms with van der Waals surface area (Å²) in [6.07, 6.45) is 0.332. The van der Waals surface area contributed by atoms with Gasteiger partial charge in [0.05, 0.1) is 12.6 Å². The van der Waals surface area contributed by atoms with Crippen LogP contribution in [0.15, 0.2) is 30.3 Å². The van der Waals surface area contributed by atoms with Gasteiger partial charge in [-0.15, -0.1) is 0 Å². The highest BCUT2D eigenvalue weighted by molar-refractivity contribution is 6.05. The van der Waals surface area contributed by atoms with Crippen LogP contribution in [0.2, 0.25) is 0 Å². The molecule has 0 bridgehead atoms. The van der Waals surface area contributed by atoms with Gasteiger partial charge in [0.15, 0.2) is 0 Å². The summed E-state index contributed by atoms with van der Waals surface area (Å²) in [6.45, 7) is 0.891. The van der Waals surface area contributed by atoms with Crippen LogP contribution in [0.3, 0.4) is 0 Å². The molecule has 2 rings (SSSR count). The summed E-state index contributed by atoms with van der Waals surface area (Å²) in [5.41, 5.74) is 6.76. The maximum absolute atomic E-state index is 12.2. The Hall–Kier alpha value is -2.74. The zero-order valence-electron chi connectivity index (χ0n) is 13.3. The maximum Gasteiger partial charge on any atom is 0.251 e. The summed E-state index contributed by atoms with van der Waals surface area (Å²) in [6, 6.07) is 7.50. The molecule has 8 nitrogen and oxygen atoms in total. The highest BCUT2D eigenvalue weighted by atomic mass is 16.2. The average Bonchev–Trinajstić information content (AvgIpc) is 2.57. The van der Waals surface area contributed by atoms with Crippen molar-refractivity contribution < 1.29 is 19.2 Å². The van der Waals surface area contributed by atoms with Crippen LogP contribution in [0, 0.1) is 0 Å². The molecule has 4 amide bonds. The summed E-state index contributed by atoms with van der Waals surface area (Å²) in [5, 5.41) is 4.85. The molecule has 1 aliphatic rings. The Bertz CT molecular complexity index is 647. The molecule has 2 atom stereocenters. The van der Waals surface area contributed by atoms with Gasteiger partial charge in [-0.05, 0) is 18.9 Å². The van der Waals surface area contributed by atoms with Gasteiger partial charge < -0.3 is 16.4 Å². The van der Waals surface area contributed by atoms with Crippen molar-refractivity contribution in [2.45, 2.75) is 25.4 Å². The van der Waals surface area contributed by atoms with Gasteiger partial charge in [0, 0.05) is 0 Å². The number of imide groups is 1. The fourth-order valence-corrected chi connectivity index (χ4v) is 2.33. The number of hydrogen-bond acceptors (Lipinski definition) is 5. The van der Waals surface area contributed by atoms with Gasteiger partial charge in [-0.3, -0.25) is 24.1 Å². The standard InChI is InChI=1S/C16H20N4O4/c1-10(16(24)20-9-13(21)18-8-14(20)22)19-15(23)12(17)7-11-5-3-2-4-6-11/h2-6,10,12H,7-9,17H2,1H3,(H,18,21)(H,19,23)/t10-,12?/m0/s1. The van der Waals surface area contributed by atoms with Gasteiger partial charge >= 0.3 is 0 Å². The Kier molecular flexibility index (Phi) is 5.64. The Balaban J connectivity index is 1.91. The number of carbonyl (C=O) groups is 4. The lowest BCUT2D eigenvalue weighted by molar-refractivity contribution is -0.152. The van der Waals surface area contributed by atoms with Crippen molar-refractivity contribution in [3.63, 3.8) is 0 Å². The molecule has 1 saturated heterocycles. The first kappa shape index (κ1) is 17.6. The smallest absolute Gasteiger partial charge is 0.251 e. The van der Waals surface area contributed by atoms with Crippen molar-refractivity contribution >= 4 is 23.6 Å². The topological polar surface area (TPSA) is 122 Å². The predicted octanol–water partition coefficient (Wildman–Crippen LogP) is -1.45. The first-order valence-electron chi connectivity index (χ1n) is 7.59. The lowest BCUT2D eigenvalue weighted by atomic mass is 10.1. The molecule has 8 heteroatoms. The summed E-state index contributed by atoms with van der Waals surface area (Å²) >= 11 is 0. The van der Waals surface area contributed by atoms with E-state index < -0.39 is 35.7 Å². The number of amides is 4. The van der Waals surface area contributed by atoms with Gasteiger partial charge in [-0.2, -0.15) is 0 Å². The molecule has 0 aromatic heterocycles. The quantitative estimate of drug-likeness (QED) is 0.609. The average molecular weight is 332 g/mol. The Morgan fingerprint density at radius 1 is 1.29 bits per heavy atom. The second-order valence-corrected chi connectivity index (χ2v) is 5.62. The van der Waals surface area contributed by atoms with Crippen LogP contribution in [0.25, 0.3) is 0 Å². The minimum atomic E-state index is -0.950. The van der Waals surface area contributed by atoms with Crippen molar-refractivity contribution in [2.75, 3.05) is 13.1 Å².